The molecule has 1 rings (SSSR count). The van der Waals surface area contributed by atoms with Crippen LogP contribution in [0.5, 0.6) is 5.75 Å². The van der Waals surface area contributed by atoms with Gasteiger partial charge in [0.1, 0.15) is 5.75 Å². The van der Waals surface area contributed by atoms with Crippen LogP contribution in [0.4, 0.5) is 13.2 Å². The van der Waals surface area contributed by atoms with E-state index in [4.69, 9.17) is 4.74 Å². The Bertz CT molecular complexity index is 361. The first kappa shape index (κ1) is 12.8. The molecule has 0 unspecified atom stereocenters. The highest BCUT2D eigenvalue weighted by Crippen LogP contribution is 2.16. The monoisotopic (exact) mass is 249 g/mol. The van der Waals surface area contributed by atoms with E-state index in [9.17, 15) is 13.2 Å². The van der Waals surface area contributed by atoms with Crippen LogP contribution in [0.2, 0.25) is 0 Å². The molecule has 0 saturated carbocycles. The highest BCUT2D eigenvalue weighted by Gasteiger charge is 2.33. The summed E-state index contributed by atoms with van der Waals surface area (Å²) < 4.78 is 41.1. The van der Waals surface area contributed by atoms with Crippen LogP contribution >= 0.6 is 12.2 Å². The van der Waals surface area contributed by atoms with Gasteiger partial charge in [-0.15, -0.1) is 0 Å². The summed E-state index contributed by atoms with van der Waals surface area (Å²) in [5.41, 5.74) is 0.701. The van der Waals surface area contributed by atoms with Gasteiger partial charge in [-0.25, -0.2) is 0 Å². The smallest absolute Gasteiger partial charge is 0.441 e. The van der Waals surface area contributed by atoms with Crippen LogP contribution in [0.15, 0.2) is 24.3 Å². The van der Waals surface area contributed by atoms with Crippen molar-refractivity contribution in [2.75, 3.05) is 7.11 Å². The van der Waals surface area contributed by atoms with Gasteiger partial charge in [0, 0.05) is 6.54 Å². The van der Waals surface area contributed by atoms with Crippen molar-refractivity contribution >= 4 is 17.2 Å². The molecule has 0 saturated heterocycles. The average Bonchev–Trinajstić information content (AvgIpc) is 2.25. The Morgan fingerprint density at radius 2 is 1.88 bits per heavy atom. The number of nitrogens with one attached hydrogen (secondary N) is 1. The number of hydrogen-bond acceptors (Lipinski definition) is 2. The van der Waals surface area contributed by atoms with E-state index in [1.807, 2.05) is 0 Å². The van der Waals surface area contributed by atoms with Crippen LogP contribution in [0, 0.1) is 0 Å². The molecule has 0 radical (unpaired) electrons. The third kappa shape index (κ3) is 3.69. The number of rotatable bonds is 3. The van der Waals surface area contributed by atoms with Crippen LogP contribution in [0.1, 0.15) is 5.56 Å². The Morgan fingerprint density at radius 1 is 1.31 bits per heavy atom. The fourth-order valence-electron chi connectivity index (χ4n) is 1.03. The van der Waals surface area contributed by atoms with E-state index in [1.165, 1.54) is 7.11 Å². The summed E-state index contributed by atoms with van der Waals surface area (Å²) in [5, 5.41) is 2.14. The van der Waals surface area contributed by atoms with Crippen LogP contribution in [0.3, 0.4) is 0 Å². The summed E-state index contributed by atoms with van der Waals surface area (Å²) in [6, 6.07) is 6.69. The number of alkyl halides is 3. The van der Waals surface area contributed by atoms with Gasteiger partial charge in [0.25, 0.3) is 0 Å². The standard InChI is InChI=1S/C10H10F3NOS/c1-15-8-4-2-7(3-5-8)6-14-9(16)10(11,12)13/h2-5H,6H2,1H3,(H,14,16). The van der Waals surface area contributed by atoms with Crippen molar-refractivity contribution in [2.45, 2.75) is 12.7 Å². The van der Waals surface area contributed by atoms with Crippen LogP contribution < -0.4 is 10.1 Å². The molecule has 1 aromatic carbocycles. The van der Waals surface area contributed by atoms with Crippen molar-refractivity contribution in [2.24, 2.45) is 0 Å². The third-order valence-electron chi connectivity index (χ3n) is 1.87. The lowest BCUT2D eigenvalue weighted by atomic mass is 10.2. The normalized spacial score (nSPS) is 11.0. The maximum absolute atomic E-state index is 12.0. The molecular formula is C10H10F3NOS. The lowest BCUT2D eigenvalue weighted by Crippen LogP contribution is -2.34. The van der Waals surface area contributed by atoms with Gasteiger partial charge in [0.2, 0.25) is 0 Å². The molecule has 0 aromatic heterocycles. The average molecular weight is 249 g/mol. The SMILES string of the molecule is COc1ccc(CNC(=S)C(F)(F)F)cc1. The van der Waals surface area contributed by atoms with E-state index in [1.54, 1.807) is 24.3 Å². The van der Waals surface area contributed by atoms with Gasteiger partial charge in [-0.3, -0.25) is 0 Å². The molecule has 88 valence electrons. The highest BCUT2D eigenvalue weighted by atomic mass is 32.1. The molecule has 0 aliphatic heterocycles. The van der Waals surface area contributed by atoms with Crippen molar-refractivity contribution < 1.29 is 17.9 Å². The third-order valence-corrected chi connectivity index (χ3v) is 2.25. The second-order valence-corrected chi connectivity index (χ2v) is 3.44. The van der Waals surface area contributed by atoms with Gasteiger partial charge in [0.05, 0.1) is 7.11 Å². The van der Waals surface area contributed by atoms with E-state index in [0.29, 0.717) is 11.3 Å². The van der Waals surface area contributed by atoms with Crippen molar-refractivity contribution in [1.82, 2.24) is 5.32 Å². The van der Waals surface area contributed by atoms with Gasteiger partial charge in [-0.05, 0) is 17.7 Å². The van der Waals surface area contributed by atoms with Crippen molar-refractivity contribution in [3.05, 3.63) is 29.8 Å². The molecule has 16 heavy (non-hydrogen) atoms. The topological polar surface area (TPSA) is 21.3 Å². The predicted octanol–water partition coefficient (Wildman–Crippen LogP) is 2.67. The zero-order chi connectivity index (χ0) is 12.2. The van der Waals surface area contributed by atoms with Gasteiger partial charge in [-0.1, -0.05) is 24.4 Å². The lowest BCUT2D eigenvalue weighted by Gasteiger charge is -2.10. The van der Waals surface area contributed by atoms with Crippen molar-refractivity contribution in [3.8, 4) is 5.75 Å². The first-order valence-electron chi connectivity index (χ1n) is 4.41. The van der Waals surface area contributed by atoms with Gasteiger partial charge < -0.3 is 10.1 Å². The number of hydrogen-bond donors (Lipinski definition) is 1. The van der Waals surface area contributed by atoms with E-state index in [-0.39, 0.29) is 6.54 Å². The lowest BCUT2D eigenvalue weighted by molar-refractivity contribution is -0.0592. The Labute approximate surface area is 96.4 Å². The maximum atomic E-state index is 12.0. The molecule has 0 amide bonds. The Morgan fingerprint density at radius 3 is 2.31 bits per heavy atom. The van der Waals surface area contributed by atoms with E-state index < -0.39 is 11.2 Å². The Kier molecular flexibility index (Phi) is 4.12. The molecule has 0 aliphatic carbocycles. The molecule has 6 heteroatoms. The second kappa shape index (κ2) is 5.16. The fraction of sp³-hybridized carbons (Fsp3) is 0.300. The van der Waals surface area contributed by atoms with E-state index in [2.05, 4.69) is 17.5 Å². The van der Waals surface area contributed by atoms with Crippen molar-refractivity contribution in [1.29, 1.82) is 0 Å². The van der Waals surface area contributed by atoms with Gasteiger partial charge in [-0.2, -0.15) is 13.2 Å². The van der Waals surface area contributed by atoms with Crippen molar-refractivity contribution in [3.63, 3.8) is 0 Å². The number of methoxy groups -OCH3 is 1. The summed E-state index contributed by atoms with van der Waals surface area (Å²) in [6.07, 6.45) is -4.47. The zero-order valence-electron chi connectivity index (χ0n) is 8.47. The number of halogens is 3. The Hall–Kier alpha value is -1.30. The first-order chi connectivity index (χ1) is 7.43. The molecule has 2 nitrogen and oxygen atoms in total. The zero-order valence-corrected chi connectivity index (χ0v) is 9.28. The summed E-state index contributed by atoms with van der Waals surface area (Å²) in [5.74, 6) is 0.655. The summed E-state index contributed by atoms with van der Waals surface area (Å²) in [4.78, 5) is -1.11. The molecule has 1 aromatic rings. The molecule has 0 bridgehead atoms. The minimum Gasteiger partial charge on any atom is -0.497 e. The van der Waals surface area contributed by atoms with Crippen LogP contribution in [0.25, 0.3) is 0 Å². The predicted molar refractivity (Wildman–Crippen MR) is 58.5 cm³/mol. The minimum atomic E-state index is -4.47. The fourth-order valence-corrected chi connectivity index (χ4v) is 1.10. The largest absolute Gasteiger partial charge is 0.497 e. The molecule has 0 aliphatic rings. The van der Waals surface area contributed by atoms with E-state index >= 15 is 0 Å². The van der Waals surface area contributed by atoms with Crippen LogP contribution in [-0.4, -0.2) is 18.3 Å². The summed E-state index contributed by atoms with van der Waals surface area (Å²) >= 11 is 4.18. The first-order valence-corrected chi connectivity index (χ1v) is 4.82. The maximum Gasteiger partial charge on any atom is 0.441 e. The van der Waals surface area contributed by atoms with Gasteiger partial charge >= 0.3 is 6.18 Å². The molecule has 0 heterocycles. The molecule has 0 fully saturated rings. The molecule has 0 spiro atoms. The van der Waals surface area contributed by atoms with Crippen LogP contribution in [-0.2, 0) is 6.54 Å². The minimum absolute atomic E-state index is 0.0440. The second-order valence-electron chi connectivity index (χ2n) is 3.03. The summed E-state index contributed by atoms with van der Waals surface area (Å²) in [7, 11) is 1.52. The number of thiocarbonyl (C=S) groups is 1. The van der Waals surface area contributed by atoms with E-state index in [0.717, 1.165) is 0 Å². The summed E-state index contributed by atoms with van der Waals surface area (Å²) in [6.45, 7) is 0.0440. The molecular weight excluding hydrogens is 239 g/mol. The molecule has 0 atom stereocenters. The Balaban J connectivity index is 2.52. The number of ether oxygens (including phenoxy) is 1. The van der Waals surface area contributed by atoms with Gasteiger partial charge in [0.15, 0.2) is 4.99 Å². The number of benzene rings is 1. The highest BCUT2D eigenvalue weighted by molar-refractivity contribution is 7.80. The quantitative estimate of drug-likeness (QED) is 0.832. The molecule has 1 N–H and O–H groups in total.